The molecule has 1 aliphatic rings. The number of carbonyl (C=O) groups excluding carboxylic acids is 1. The second kappa shape index (κ2) is 4.44. The standard InChI is InChI=1S/C11H14N2O3S/c1-6-9(17-7(2)12-6)10(14)13-5-3-4-8(13)11(15)16/h8H,3-5H2,1-2H3,(H,15,16)/t8-/m0/s1. The third kappa shape index (κ3) is 2.17. The molecule has 1 aromatic rings. The normalized spacial score (nSPS) is 19.6. The largest absolute Gasteiger partial charge is 0.480 e. The molecule has 17 heavy (non-hydrogen) atoms. The zero-order valence-corrected chi connectivity index (χ0v) is 10.6. The molecule has 0 radical (unpaired) electrons. The van der Waals surface area contributed by atoms with Gasteiger partial charge in [-0.25, -0.2) is 9.78 Å². The quantitative estimate of drug-likeness (QED) is 0.867. The molecule has 1 atom stereocenters. The van der Waals surface area contributed by atoms with Gasteiger partial charge in [0.15, 0.2) is 0 Å². The van der Waals surface area contributed by atoms with E-state index in [1.54, 1.807) is 6.92 Å². The molecule has 0 bridgehead atoms. The lowest BCUT2D eigenvalue weighted by Crippen LogP contribution is -2.40. The summed E-state index contributed by atoms with van der Waals surface area (Å²) in [6, 6.07) is -0.677. The van der Waals surface area contributed by atoms with Crippen LogP contribution in [0.25, 0.3) is 0 Å². The Hall–Kier alpha value is -1.43. The number of aliphatic carboxylic acids is 1. The smallest absolute Gasteiger partial charge is 0.326 e. The number of likely N-dealkylation sites (tertiary alicyclic amines) is 1. The number of amides is 1. The molecule has 1 amide bonds. The van der Waals surface area contributed by atoms with Crippen LogP contribution >= 0.6 is 11.3 Å². The van der Waals surface area contributed by atoms with Crippen molar-refractivity contribution in [1.82, 2.24) is 9.88 Å². The lowest BCUT2D eigenvalue weighted by atomic mass is 10.2. The first-order chi connectivity index (χ1) is 8.00. The molecule has 0 saturated carbocycles. The second-order valence-corrected chi connectivity index (χ2v) is 5.35. The molecule has 1 fully saturated rings. The number of carboxylic acid groups (broad SMARTS) is 1. The molecule has 6 heteroatoms. The summed E-state index contributed by atoms with van der Waals surface area (Å²) in [5.41, 5.74) is 0.688. The first kappa shape index (κ1) is 12.0. The summed E-state index contributed by atoms with van der Waals surface area (Å²) in [4.78, 5) is 29.5. The summed E-state index contributed by atoms with van der Waals surface area (Å²) in [5, 5.41) is 9.88. The van der Waals surface area contributed by atoms with Crippen LogP contribution in [0.15, 0.2) is 0 Å². The highest BCUT2D eigenvalue weighted by Crippen LogP contribution is 2.25. The Bertz CT molecular complexity index is 469. The van der Waals surface area contributed by atoms with Gasteiger partial charge in [-0.2, -0.15) is 0 Å². The molecule has 1 N–H and O–H groups in total. The van der Waals surface area contributed by atoms with Crippen molar-refractivity contribution in [3.8, 4) is 0 Å². The van der Waals surface area contributed by atoms with Crippen molar-refractivity contribution in [2.24, 2.45) is 0 Å². The number of aromatic nitrogens is 1. The van der Waals surface area contributed by atoms with Gasteiger partial charge < -0.3 is 10.0 Å². The van der Waals surface area contributed by atoms with Crippen LogP contribution in [0.2, 0.25) is 0 Å². The number of aryl methyl sites for hydroxylation is 2. The summed E-state index contributed by atoms with van der Waals surface area (Å²) in [7, 11) is 0. The molecule has 2 heterocycles. The molecule has 0 aliphatic carbocycles. The van der Waals surface area contributed by atoms with E-state index >= 15 is 0 Å². The molecule has 0 unspecified atom stereocenters. The Kier molecular flexibility index (Phi) is 3.15. The third-order valence-electron chi connectivity index (χ3n) is 2.90. The number of thiazole rings is 1. The fourth-order valence-corrected chi connectivity index (χ4v) is 3.00. The van der Waals surface area contributed by atoms with Crippen LogP contribution in [0.5, 0.6) is 0 Å². The van der Waals surface area contributed by atoms with Gasteiger partial charge in [0, 0.05) is 6.54 Å². The maximum absolute atomic E-state index is 12.2. The first-order valence-electron chi connectivity index (χ1n) is 5.48. The summed E-state index contributed by atoms with van der Waals surface area (Å²) in [6.45, 7) is 4.14. The van der Waals surface area contributed by atoms with Crippen molar-refractivity contribution in [3.05, 3.63) is 15.6 Å². The molecular weight excluding hydrogens is 240 g/mol. The third-order valence-corrected chi connectivity index (χ3v) is 3.96. The lowest BCUT2D eigenvalue weighted by molar-refractivity contribution is -0.141. The monoisotopic (exact) mass is 254 g/mol. The fourth-order valence-electron chi connectivity index (χ4n) is 2.13. The van der Waals surface area contributed by atoms with Crippen LogP contribution in [0.3, 0.4) is 0 Å². The highest BCUT2D eigenvalue weighted by atomic mass is 32.1. The number of carboxylic acids is 1. The van der Waals surface area contributed by atoms with Crippen LogP contribution in [-0.4, -0.2) is 39.5 Å². The maximum atomic E-state index is 12.2. The van der Waals surface area contributed by atoms with E-state index in [-0.39, 0.29) is 5.91 Å². The average Bonchev–Trinajstić information content (AvgIpc) is 2.83. The average molecular weight is 254 g/mol. The minimum atomic E-state index is -0.922. The number of hydrogen-bond donors (Lipinski definition) is 1. The number of hydrogen-bond acceptors (Lipinski definition) is 4. The van der Waals surface area contributed by atoms with Gasteiger partial charge >= 0.3 is 5.97 Å². The number of nitrogens with zero attached hydrogens (tertiary/aromatic N) is 2. The summed E-state index contributed by atoms with van der Waals surface area (Å²) in [5.74, 6) is -1.12. The number of rotatable bonds is 2. The molecule has 2 rings (SSSR count). The molecule has 5 nitrogen and oxygen atoms in total. The highest BCUT2D eigenvalue weighted by molar-refractivity contribution is 7.13. The van der Waals surface area contributed by atoms with Crippen LogP contribution < -0.4 is 0 Å². The summed E-state index contributed by atoms with van der Waals surface area (Å²) < 4.78 is 0. The predicted molar refractivity (Wildman–Crippen MR) is 63.3 cm³/mol. The topological polar surface area (TPSA) is 70.5 Å². The van der Waals surface area contributed by atoms with Crippen molar-refractivity contribution >= 4 is 23.2 Å². The van der Waals surface area contributed by atoms with Gasteiger partial charge in [-0.15, -0.1) is 11.3 Å². The molecule has 1 saturated heterocycles. The van der Waals surface area contributed by atoms with Crippen LogP contribution in [0.1, 0.15) is 33.2 Å². The molecule has 92 valence electrons. The lowest BCUT2D eigenvalue weighted by Gasteiger charge is -2.20. The zero-order chi connectivity index (χ0) is 12.6. The fraction of sp³-hybridized carbons (Fsp3) is 0.545. The second-order valence-electron chi connectivity index (χ2n) is 4.14. The molecule has 1 aromatic heterocycles. The van der Waals surface area contributed by atoms with Crippen LogP contribution in [0, 0.1) is 13.8 Å². The van der Waals surface area contributed by atoms with E-state index in [0.29, 0.717) is 23.5 Å². The van der Waals surface area contributed by atoms with Gasteiger partial charge in [-0.1, -0.05) is 0 Å². The van der Waals surface area contributed by atoms with Crippen molar-refractivity contribution in [3.63, 3.8) is 0 Å². The first-order valence-corrected chi connectivity index (χ1v) is 6.30. The molecule has 1 aliphatic heterocycles. The van der Waals surface area contributed by atoms with Gasteiger partial charge in [0.1, 0.15) is 10.9 Å². The Balaban J connectivity index is 2.25. The van der Waals surface area contributed by atoms with Gasteiger partial charge in [0.05, 0.1) is 10.7 Å². The molecule has 0 spiro atoms. The Morgan fingerprint density at radius 3 is 2.71 bits per heavy atom. The Labute approximate surface area is 103 Å². The van der Waals surface area contributed by atoms with Crippen molar-refractivity contribution in [2.75, 3.05) is 6.54 Å². The van der Waals surface area contributed by atoms with Crippen molar-refractivity contribution in [2.45, 2.75) is 32.7 Å². The summed E-state index contributed by atoms with van der Waals surface area (Å²) >= 11 is 1.33. The molecular formula is C11H14N2O3S. The van der Waals surface area contributed by atoms with Gasteiger partial charge in [-0.05, 0) is 26.7 Å². The maximum Gasteiger partial charge on any atom is 0.326 e. The highest BCUT2D eigenvalue weighted by Gasteiger charge is 2.35. The van der Waals surface area contributed by atoms with E-state index in [1.165, 1.54) is 16.2 Å². The van der Waals surface area contributed by atoms with E-state index in [2.05, 4.69) is 4.98 Å². The minimum absolute atomic E-state index is 0.196. The van der Waals surface area contributed by atoms with Crippen molar-refractivity contribution < 1.29 is 14.7 Å². The predicted octanol–water partition coefficient (Wildman–Crippen LogP) is 1.45. The van der Waals surface area contributed by atoms with E-state index in [9.17, 15) is 9.59 Å². The van der Waals surface area contributed by atoms with Gasteiger partial charge in [0.2, 0.25) is 0 Å². The summed E-state index contributed by atoms with van der Waals surface area (Å²) in [6.07, 6.45) is 1.29. The SMILES string of the molecule is Cc1nc(C)c(C(=O)N2CCC[C@H]2C(=O)O)s1. The van der Waals surface area contributed by atoms with Crippen LogP contribution in [-0.2, 0) is 4.79 Å². The van der Waals surface area contributed by atoms with E-state index in [0.717, 1.165) is 11.4 Å². The minimum Gasteiger partial charge on any atom is -0.480 e. The molecule has 0 aromatic carbocycles. The zero-order valence-electron chi connectivity index (χ0n) is 9.77. The van der Waals surface area contributed by atoms with Crippen LogP contribution in [0.4, 0.5) is 0 Å². The van der Waals surface area contributed by atoms with E-state index in [4.69, 9.17) is 5.11 Å². The number of carbonyl (C=O) groups is 2. The Morgan fingerprint density at radius 2 is 2.18 bits per heavy atom. The Morgan fingerprint density at radius 1 is 1.47 bits per heavy atom. The van der Waals surface area contributed by atoms with E-state index in [1.807, 2.05) is 6.92 Å². The van der Waals surface area contributed by atoms with E-state index < -0.39 is 12.0 Å². The van der Waals surface area contributed by atoms with Gasteiger partial charge in [-0.3, -0.25) is 4.79 Å². The van der Waals surface area contributed by atoms with Crippen molar-refractivity contribution in [1.29, 1.82) is 0 Å². The van der Waals surface area contributed by atoms with Gasteiger partial charge in [0.25, 0.3) is 5.91 Å².